The molecule has 0 radical (unpaired) electrons. The van der Waals surface area contributed by atoms with Crippen molar-refractivity contribution in [3.05, 3.63) is 29.3 Å². The number of benzene rings is 1. The molecule has 0 aliphatic carbocycles. The predicted octanol–water partition coefficient (Wildman–Crippen LogP) is 3.59. The van der Waals surface area contributed by atoms with Crippen molar-refractivity contribution in [1.82, 2.24) is 0 Å². The summed E-state index contributed by atoms with van der Waals surface area (Å²) in [5, 5.41) is 9.84. The molecule has 14 heavy (non-hydrogen) atoms. The van der Waals surface area contributed by atoms with Crippen LogP contribution in [0.15, 0.2) is 29.2 Å². The molecule has 0 heterocycles. The Hall–Kier alpha value is -0.180. The monoisotopic (exact) mass is 230 g/mol. The summed E-state index contributed by atoms with van der Waals surface area (Å²) >= 11 is 7.57. The molecular weight excluding hydrogens is 216 g/mol. The van der Waals surface area contributed by atoms with Gasteiger partial charge in [-0.1, -0.05) is 11.6 Å². The Morgan fingerprint density at radius 1 is 1.36 bits per heavy atom. The maximum Gasteiger partial charge on any atom is 0.0512 e. The molecule has 0 bridgehead atoms. The van der Waals surface area contributed by atoms with Crippen LogP contribution in [-0.2, 0) is 0 Å². The second-order valence-electron chi connectivity index (χ2n) is 3.29. The van der Waals surface area contributed by atoms with Gasteiger partial charge in [-0.25, -0.2) is 0 Å². The summed E-state index contributed by atoms with van der Waals surface area (Å²) in [6, 6.07) is 7.85. The lowest BCUT2D eigenvalue weighted by molar-refractivity contribution is 0.184. The van der Waals surface area contributed by atoms with E-state index in [9.17, 15) is 0 Å². The Morgan fingerprint density at radius 3 is 2.57 bits per heavy atom. The fraction of sp³-hybridized carbons (Fsp3) is 0.455. The summed E-state index contributed by atoms with van der Waals surface area (Å²) in [5.74, 6) is 1.05. The van der Waals surface area contributed by atoms with E-state index in [0.717, 1.165) is 23.6 Å². The van der Waals surface area contributed by atoms with Gasteiger partial charge >= 0.3 is 0 Å². The number of halogens is 1. The number of aliphatic hydroxyl groups is 1. The first-order valence-electron chi connectivity index (χ1n) is 4.75. The van der Waals surface area contributed by atoms with E-state index in [4.69, 9.17) is 16.7 Å². The van der Waals surface area contributed by atoms with Gasteiger partial charge in [0, 0.05) is 9.92 Å². The molecule has 1 rings (SSSR count). The molecule has 1 aromatic rings. The predicted molar refractivity (Wildman–Crippen MR) is 63.1 cm³/mol. The molecule has 1 unspecified atom stereocenters. The van der Waals surface area contributed by atoms with Crippen LogP contribution >= 0.6 is 23.4 Å². The highest BCUT2D eigenvalue weighted by Gasteiger charge is 1.97. The van der Waals surface area contributed by atoms with E-state index in [0.29, 0.717) is 0 Å². The second kappa shape index (κ2) is 6.33. The first-order valence-corrected chi connectivity index (χ1v) is 6.11. The van der Waals surface area contributed by atoms with E-state index in [-0.39, 0.29) is 6.10 Å². The largest absolute Gasteiger partial charge is 0.393 e. The van der Waals surface area contributed by atoms with Crippen LogP contribution in [0, 0.1) is 0 Å². The van der Waals surface area contributed by atoms with Crippen molar-refractivity contribution in [3.8, 4) is 0 Å². The van der Waals surface area contributed by atoms with Crippen molar-refractivity contribution < 1.29 is 5.11 Å². The zero-order valence-corrected chi connectivity index (χ0v) is 9.81. The van der Waals surface area contributed by atoms with Crippen LogP contribution in [0.1, 0.15) is 19.8 Å². The maximum atomic E-state index is 9.06. The SMILES string of the molecule is CC(O)CCCSc1ccc(Cl)cc1. The van der Waals surface area contributed by atoms with Gasteiger partial charge in [0.05, 0.1) is 6.10 Å². The highest BCUT2D eigenvalue weighted by atomic mass is 35.5. The van der Waals surface area contributed by atoms with Gasteiger partial charge in [0.2, 0.25) is 0 Å². The van der Waals surface area contributed by atoms with E-state index in [1.807, 2.05) is 31.2 Å². The van der Waals surface area contributed by atoms with Gasteiger partial charge < -0.3 is 5.11 Å². The van der Waals surface area contributed by atoms with Gasteiger partial charge in [-0.05, 0) is 49.8 Å². The van der Waals surface area contributed by atoms with E-state index >= 15 is 0 Å². The van der Waals surface area contributed by atoms with Gasteiger partial charge in [0.1, 0.15) is 0 Å². The smallest absolute Gasteiger partial charge is 0.0512 e. The van der Waals surface area contributed by atoms with Gasteiger partial charge in [0.25, 0.3) is 0 Å². The summed E-state index contributed by atoms with van der Waals surface area (Å²) in [6.07, 6.45) is 1.74. The van der Waals surface area contributed by atoms with Crippen molar-refractivity contribution in [2.45, 2.75) is 30.8 Å². The van der Waals surface area contributed by atoms with E-state index in [1.165, 1.54) is 4.90 Å². The summed E-state index contributed by atoms with van der Waals surface area (Å²) in [4.78, 5) is 1.24. The van der Waals surface area contributed by atoms with Crippen LogP contribution in [0.2, 0.25) is 5.02 Å². The molecule has 0 aliphatic heterocycles. The first kappa shape index (κ1) is 11.9. The molecule has 0 spiro atoms. The minimum absolute atomic E-state index is 0.180. The summed E-state index contributed by atoms with van der Waals surface area (Å²) < 4.78 is 0. The molecule has 1 atom stereocenters. The molecule has 1 N–H and O–H groups in total. The number of rotatable bonds is 5. The van der Waals surface area contributed by atoms with Crippen LogP contribution in [0.5, 0.6) is 0 Å². The third-order valence-corrected chi connectivity index (χ3v) is 3.20. The average Bonchev–Trinajstić information content (AvgIpc) is 2.15. The number of hydrogen-bond donors (Lipinski definition) is 1. The highest BCUT2D eigenvalue weighted by molar-refractivity contribution is 7.99. The van der Waals surface area contributed by atoms with Crippen molar-refractivity contribution in [3.63, 3.8) is 0 Å². The molecule has 0 aromatic heterocycles. The van der Waals surface area contributed by atoms with E-state index in [2.05, 4.69) is 0 Å². The lowest BCUT2D eigenvalue weighted by Crippen LogP contribution is -1.99. The number of aliphatic hydroxyl groups excluding tert-OH is 1. The molecule has 0 fully saturated rings. The lowest BCUT2D eigenvalue weighted by atomic mass is 10.2. The number of hydrogen-bond acceptors (Lipinski definition) is 2. The molecule has 0 amide bonds. The second-order valence-corrected chi connectivity index (χ2v) is 4.90. The van der Waals surface area contributed by atoms with Crippen molar-refractivity contribution in [2.75, 3.05) is 5.75 Å². The first-order chi connectivity index (χ1) is 6.68. The molecular formula is C11H15ClOS. The minimum Gasteiger partial charge on any atom is -0.393 e. The van der Waals surface area contributed by atoms with Crippen LogP contribution in [0.25, 0.3) is 0 Å². The molecule has 3 heteroatoms. The Bertz CT molecular complexity index is 258. The van der Waals surface area contributed by atoms with Crippen LogP contribution in [0.3, 0.4) is 0 Å². The fourth-order valence-electron chi connectivity index (χ4n) is 1.10. The molecule has 0 saturated heterocycles. The third kappa shape index (κ3) is 4.89. The zero-order chi connectivity index (χ0) is 10.4. The molecule has 1 nitrogen and oxygen atoms in total. The Morgan fingerprint density at radius 2 is 2.00 bits per heavy atom. The van der Waals surface area contributed by atoms with Crippen LogP contribution in [0.4, 0.5) is 0 Å². The standard InChI is InChI=1S/C11H15ClOS/c1-9(13)3-2-8-14-11-6-4-10(12)5-7-11/h4-7,9,13H,2-3,8H2,1H3. The van der Waals surface area contributed by atoms with E-state index in [1.54, 1.807) is 11.8 Å². The Balaban J connectivity index is 2.21. The molecule has 0 aliphatic rings. The fourth-order valence-corrected chi connectivity index (χ4v) is 2.10. The summed E-state index contributed by atoms with van der Waals surface area (Å²) in [6.45, 7) is 1.83. The summed E-state index contributed by atoms with van der Waals surface area (Å²) in [5.41, 5.74) is 0. The van der Waals surface area contributed by atoms with Gasteiger partial charge in [0.15, 0.2) is 0 Å². The van der Waals surface area contributed by atoms with Crippen molar-refractivity contribution in [1.29, 1.82) is 0 Å². The average molecular weight is 231 g/mol. The van der Waals surface area contributed by atoms with Crippen LogP contribution in [-0.4, -0.2) is 17.0 Å². The quantitative estimate of drug-likeness (QED) is 0.616. The molecule has 1 aromatic carbocycles. The van der Waals surface area contributed by atoms with Crippen molar-refractivity contribution in [2.24, 2.45) is 0 Å². The zero-order valence-electron chi connectivity index (χ0n) is 8.24. The normalized spacial score (nSPS) is 12.8. The Kier molecular flexibility index (Phi) is 5.38. The highest BCUT2D eigenvalue weighted by Crippen LogP contribution is 2.21. The molecule has 78 valence electrons. The molecule has 0 saturated carbocycles. The van der Waals surface area contributed by atoms with Gasteiger partial charge in [-0.15, -0.1) is 11.8 Å². The number of thioether (sulfide) groups is 1. The summed E-state index contributed by atoms with van der Waals surface area (Å²) in [7, 11) is 0. The van der Waals surface area contributed by atoms with Gasteiger partial charge in [-0.2, -0.15) is 0 Å². The maximum absolute atomic E-state index is 9.06. The third-order valence-electron chi connectivity index (χ3n) is 1.85. The van der Waals surface area contributed by atoms with Gasteiger partial charge in [-0.3, -0.25) is 0 Å². The Labute approximate surface area is 94.5 Å². The van der Waals surface area contributed by atoms with E-state index < -0.39 is 0 Å². The topological polar surface area (TPSA) is 20.2 Å². The van der Waals surface area contributed by atoms with Crippen molar-refractivity contribution >= 4 is 23.4 Å². The minimum atomic E-state index is -0.180. The lowest BCUT2D eigenvalue weighted by Gasteiger charge is -2.03. The van der Waals surface area contributed by atoms with Crippen LogP contribution < -0.4 is 0 Å².